The van der Waals surface area contributed by atoms with Gasteiger partial charge in [0.2, 0.25) is 0 Å². The summed E-state index contributed by atoms with van der Waals surface area (Å²) in [4.78, 5) is 2.56. The van der Waals surface area contributed by atoms with Crippen molar-refractivity contribution in [1.82, 2.24) is 14.7 Å². The summed E-state index contributed by atoms with van der Waals surface area (Å²) in [6.07, 6.45) is 8.02. The number of likely N-dealkylation sites (tertiary alicyclic amines) is 1. The molecule has 3 unspecified atom stereocenters. The van der Waals surface area contributed by atoms with Gasteiger partial charge >= 0.3 is 0 Å². The number of benzene rings is 1. The minimum Gasteiger partial charge on any atom is -0.327 e. The minimum atomic E-state index is 0. The molecular formula is C18H25ClN4. The highest BCUT2D eigenvalue weighted by molar-refractivity contribution is 5.85. The Morgan fingerprint density at radius 1 is 1.13 bits per heavy atom. The molecule has 0 spiro atoms. The Hall–Kier alpha value is -1.36. The van der Waals surface area contributed by atoms with Gasteiger partial charge in [0.1, 0.15) is 0 Å². The fourth-order valence-corrected chi connectivity index (χ4v) is 4.16. The monoisotopic (exact) mass is 332 g/mol. The van der Waals surface area contributed by atoms with Crippen LogP contribution in [-0.2, 0) is 6.54 Å². The summed E-state index contributed by atoms with van der Waals surface area (Å²) in [5, 5.41) is 4.50. The molecule has 1 saturated carbocycles. The van der Waals surface area contributed by atoms with Crippen LogP contribution in [0, 0.1) is 11.8 Å². The quantitative estimate of drug-likeness (QED) is 0.940. The molecule has 1 aliphatic heterocycles. The summed E-state index contributed by atoms with van der Waals surface area (Å²) in [5.74, 6) is 1.52. The molecule has 0 amide bonds. The molecule has 2 N–H and O–H groups in total. The second kappa shape index (κ2) is 7.04. The molecule has 1 aromatic carbocycles. The lowest BCUT2D eigenvalue weighted by Crippen LogP contribution is -2.38. The van der Waals surface area contributed by atoms with Crippen LogP contribution in [0.15, 0.2) is 42.7 Å². The number of aromatic nitrogens is 2. The molecule has 2 heterocycles. The number of hydrogen-bond donors (Lipinski definition) is 1. The normalized spacial score (nSPS) is 27.4. The highest BCUT2D eigenvalue weighted by atomic mass is 35.5. The standard InChI is InChI=1S/C18H24N4.ClH/c19-18-8-4-5-15-12-21(13-17(15)18)10-14-9-20-22(11-14)16-6-2-1-3-7-16;/h1-3,6-7,9,11,15,17-18H,4-5,8,10,12-13,19H2;1H. The zero-order valence-corrected chi connectivity index (χ0v) is 14.2. The number of halogens is 1. The Balaban J connectivity index is 0.00000156. The van der Waals surface area contributed by atoms with E-state index in [1.54, 1.807) is 0 Å². The molecule has 2 aliphatic rings. The lowest BCUT2D eigenvalue weighted by atomic mass is 9.78. The summed E-state index contributed by atoms with van der Waals surface area (Å²) in [5.41, 5.74) is 8.72. The SMILES string of the molecule is Cl.NC1CCCC2CN(Cc3cnn(-c4ccccc4)c3)CC12. The van der Waals surface area contributed by atoms with Crippen molar-refractivity contribution in [2.75, 3.05) is 13.1 Å². The molecule has 124 valence electrons. The summed E-state index contributed by atoms with van der Waals surface area (Å²) >= 11 is 0. The lowest BCUT2D eigenvalue weighted by molar-refractivity contribution is 0.259. The highest BCUT2D eigenvalue weighted by Gasteiger charge is 2.38. The molecule has 0 radical (unpaired) electrons. The van der Waals surface area contributed by atoms with Crippen molar-refractivity contribution < 1.29 is 0 Å². The van der Waals surface area contributed by atoms with Gasteiger partial charge < -0.3 is 5.73 Å². The first-order chi connectivity index (χ1) is 10.8. The highest BCUT2D eigenvalue weighted by Crippen LogP contribution is 2.36. The van der Waals surface area contributed by atoms with E-state index < -0.39 is 0 Å². The van der Waals surface area contributed by atoms with Crippen molar-refractivity contribution in [3.63, 3.8) is 0 Å². The van der Waals surface area contributed by atoms with Gasteiger partial charge in [-0.1, -0.05) is 24.6 Å². The van der Waals surface area contributed by atoms with Crippen LogP contribution in [0.3, 0.4) is 0 Å². The van der Waals surface area contributed by atoms with Crippen LogP contribution in [0.1, 0.15) is 24.8 Å². The van der Waals surface area contributed by atoms with E-state index in [9.17, 15) is 0 Å². The molecule has 2 aromatic rings. The fraction of sp³-hybridized carbons (Fsp3) is 0.500. The smallest absolute Gasteiger partial charge is 0.0645 e. The molecule has 4 nitrogen and oxygen atoms in total. The van der Waals surface area contributed by atoms with Crippen molar-refractivity contribution in [1.29, 1.82) is 0 Å². The zero-order valence-electron chi connectivity index (χ0n) is 13.3. The van der Waals surface area contributed by atoms with Crippen molar-refractivity contribution in [3.05, 3.63) is 48.3 Å². The van der Waals surface area contributed by atoms with E-state index in [-0.39, 0.29) is 12.4 Å². The summed E-state index contributed by atoms with van der Waals surface area (Å²) in [6.45, 7) is 3.35. The predicted molar refractivity (Wildman–Crippen MR) is 94.9 cm³/mol. The molecule has 1 saturated heterocycles. The van der Waals surface area contributed by atoms with E-state index in [1.807, 2.05) is 29.1 Å². The summed E-state index contributed by atoms with van der Waals surface area (Å²) in [6, 6.07) is 10.7. The number of nitrogens with two attached hydrogens (primary N) is 1. The zero-order chi connectivity index (χ0) is 14.9. The maximum atomic E-state index is 6.31. The molecule has 5 heteroatoms. The first-order valence-corrected chi connectivity index (χ1v) is 8.36. The Morgan fingerprint density at radius 2 is 1.96 bits per heavy atom. The minimum absolute atomic E-state index is 0. The largest absolute Gasteiger partial charge is 0.327 e. The first kappa shape index (κ1) is 16.5. The maximum Gasteiger partial charge on any atom is 0.0645 e. The number of hydrogen-bond acceptors (Lipinski definition) is 3. The Labute approximate surface area is 144 Å². The predicted octanol–water partition coefficient (Wildman–Crippen LogP) is 2.85. The molecule has 2 fully saturated rings. The van der Waals surface area contributed by atoms with Gasteiger partial charge in [0, 0.05) is 37.4 Å². The van der Waals surface area contributed by atoms with Gasteiger partial charge in [-0.15, -0.1) is 12.4 Å². The van der Waals surface area contributed by atoms with Crippen LogP contribution in [-0.4, -0.2) is 33.8 Å². The number of rotatable bonds is 3. The van der Waals surface area contributed by atoms with Gasteiger partial charge in [-0.3, -0.25) is 4.90 Å². The van der Waals surface area contributed by atoms with Crippen LogP contribution >= 0.6 is 12.4 Å². The molecule has 3 atom stereocenters. The van der Waals surface area contributed by atoms with Crippen LogP contribution in [0.4, 0.5) is 0 Å². The lowest BCUT2D eigenvalue weighted by Gasteiger charge is -2.29. The van der Waals surface area contributed by atoms with Gasteiger partial charge in [0.05, 0.1) is 11.9 Å². The van der Waals surface area contributed by atoms with Crippen molar-refractivity contribution >= 4 is 12.4 Å². The van der Waals surface area contributed by atoms with E-state index in [4.69, 9.17) is 5.73 Å². The van der Waals surface area contributed by atoms with Crippen molar-refractivity contribution in [2.45, 2.75) is 31.8 Å². The number of para-hydroxylation sites is 1. The van der Waals surface area contributed by atoms with E-state index in [2.05, 4.69) is 28.3 Å². The first-order valence-electron chi connectivity index (χ1n) is 8.36. The number of nitrogens with zero attached hydrogens (tertiary/aromatic N) is 3. The number of fused-ring (bicyclic) bond motifs is 1. The van der Waals surface area contributed by atoms with Gasteiger partial charge in [-0.25, -0.2) is 4.68 Å². The Kier molecular flexibility index (Phi) is 5.05. The Morgan fingerprint density at radius 3 is 2.74 bits per heavy atom. The average Bonchev–Trinajstić information content (AvgIpc) is 3.16. The summed E-state index contributed by atoms with van der Waals surface area (Å²) < 4.78 is 1.96. The second-order valence-corrected chi connectivity index (χ2v) is 6.84. The fourth-order valence-electron chi connectivity index (χ4n) is 4.16. The van der Waals surface area contributed by atoms with Crippen LogP contribution < -0.4 is 5.73 Å². The van der Waals surface area contributed by atoms with Gasteiger partial charge in [-0.2, -0.15) is 5.10 Å². The van der Waals surface area contributed by atoms with E-state index >= 15 is 0 Å². The molecule has 23 heavy (non-hydrogen) atoms. The van der Waals surface area contributed by atoms with Crippen molar-refractivity contribution in [2.24, 2.45) is 17.6 Å². The topological polar surface area (TPSA) is 47.1 Å². The van der Waals surface area contributed by atoms with Gasteiger partial charge in [0.15, 0.2) is 0 Å². The van der Waals surface area contributed by atoms with Crippen molar-refractivity contribution in [3.8, 4) is 5.69 Å². The molecule has 4 rings (SSSR count). The van der Waals surface area contributed by atoms with E-state index in [0.29, 0.717) is 12.0 Å². The van der Waals surface area contributed by atoms with E-state index in [1.165, 1.54) is 31.4 Å². The molecule has 0 bridgehead atoms. The van der Waals surface area contributed by atoms with Crippen LogP contribution in [0.2, 0.25) is 0 Å². The average molecular weight is 333 g/mol. The third-order valence-corrected chi connectivity index (χ3v) is 5.29. The van der Waals surface area contributed by atoms with Crippen LogP contribution in [0.5, 0.6) is 0 Å². The maximum absolute atomic E-state index is 6.31. The van der Waals surface area contributed by atoms with Crippen LogP contribution in [0.25, 0.3) is 5.69 Å². The molecule has 1 aromatic heterocycles. The molecular weight excluding hydrogens is 308 g/mol. The third kappa shape index (κ3) is 3.44. The summed E-state index contributed by atoms with van der Waals surface area (Å²) in [7, 11) is 0. The Bertz CT molecular complexity index is 627. The van der Waals surface area contributed by atoms with E-state index in [0.717, 1.165) is 24.7 Å². The van der Waals surface area contributed by atoms with Gasteiger partial charge in [0.25, 0.3) is 0 Å². The van der Waals surface area contributed by atoms with Gasteiger partial charge in [-0.05, 0) is 36.8 Å². The second-order valence-electron chi connectivity index (χ2n) is 6.84. The molecule has 1 aliphatic carbocycles. The third-order valence-electron chi connectivity index (χ3n) is 5.29.